The van der Waals surface area contributed by atoms with E-state index in [0.29, 0.717) is 40.1 Å². The highest BCUT2D eigenvalue weighted by Crippen LogP contribution is 2.40. The van der Waals surface area contributed by atoms with Crippen molar-refractivity contribution in [2.45, 2.75) is 25.3 Å². The van der Waals surface area contributed by atoms with Crippen molar-refractivity contribution >= 4 is 35.1 Å². The molecule has 1 unspecified atom stereocenters. The Labute approximate surface area is 178 Å². The summed E-state index contributed by atoms with van der Waals surface area (Å²) in [5, 5.41) is 10.3. The lowest BCUT2D eigenvalue weighted by atomic mass is 9.89. The molecule has 1 heterocycles. The fraction of sp³-hybridized carbons (Fsp3) is 0.333. The number of methoxy groups -OCH3 is 2. The highest BCUT2D eigenvalue weighted by molar-refractivity contribution is 6.36. The zero-order valence-electron chi connectivity index (χ0n) is 16.1. The molecule has 0 saturated carbocycles. The van der Waals surface area contributed by atoms with Crippen LogP contribution in [-0.4, -0.2) is 42.6 Å². The van der Waals surface area contributed by atoms with Crippen LogP contribution in [0, 0.1) is 0 Å². The van der Waals surface area contributed by atoms with E-state index in [4.69, 9.17) is 32.7 Å². The molecular weight excluding hydrogens is 417 g/mol. The molecule has 0 spiro atoms. The standard InChI is InChI=1S/C21H21Cl2NO5/c1-28-18-8-12-6-7-24(17(11-21(26)27)13(12)9-19(18)29-2)20(25)10-14-15(22)4-3-5-16(14)23/h3-5,8-9,17H,6-7,10-11H2,1-2H3,(H,26,27). The summed E-state index contributed by atoms with van der Waals surface area (Å²) in [5.74, 6) is -0.161. The summed E-state index contributed by atoms with van der Waals surface area (Å²) >= 11 is 12.4. The third-order valence-corrected chi connectivity index (χ3v) is 5.79. The normalized spacial score (nSPS) is 15.6. The van der Waals surface area contributed by atoms with Crippen molar-refractivity contribution in [3.8, 4) is 11.5 Å². The number of hydrogen-bond donors (Lipinski definition) is 1. The summed E-state index contributed by atoms with van der Waals surface area (Å²) in [6, 6.07) is 8.04. The number of hydrogen-bond acceptors (Lipinski definition) is 4. The van der Waals surface area contributed by atoms with Gasteiger partial charge in [-0.05, 0) is 47.4 Å². The Morgan fingerprint density at radius 1 is 1.14 bits per heavy atom. The molecule has 2 aromatic carbocycles. The quantitative estimate of drug-likeness (QED) is 0.734. The molecule has 1 atom stereocenters. The molecular formula is C21H21Cl2NO5. The van der Waals surface area contributed by atoms with Crippen molar-refractivity contribution in [2.75, 3.05) is 20.8 Å². The first-order valence-electron chi connectivity index (χ1n) is 9.04. The van der Waals surface area contributed by atoms with Gasteiger partial charge in [-0.25, -0.2) is 0 Å². The number of rotatable bonds is 6. The minimum atomic E-state index is -0.994. The Bertz CT molecular complexity index is 927. The number of benzene rings is 2. The Morgan fingerprint density at radius 3 is 2.34 bits per heavy atom. The van der Waals surface area contributed by atoms with Crippen LogP contribution in [0.3, 0.4) is 0 Å². The number of carbonyl (C=O) groups is 2. The number of carbonyl (C=O) groups excluding carboxylic acids is 1. The summed E-state index contributed by atoms with van der Waals surface area (Å²) in [6.45, 7) is 0.390. The van der Waals surface area contributed by atoms with Gasteiger partial charge in [0.2, 0.25) is 5.91 Å². The van der Waals surface area contributed by atoms with Crippen LogP contribution in [0.4, 0.5) is 0 Å². The molecule has 0 bridgehead atoms. The summed E-state index contributed by atoms with van der Waals surface area (Å²) < 4.78 is 10.7. The third kappa shape index (κ3) is 4.43. The van der Waals surface area contributed by atoms with Crippen LogP contribution in [0.1, 0.15) is 29.2 Å². The van der Waals surface area contributed by atoms with Gasteiger partial charge < -0.3 is 19.5 Å². The molecule has 0 aliphatic carbocycles. The van der Waals surface area contributed by atoms with Crippen molar-refractivity contribution in [3.63, 3.8) is 0 Å². The molecule has 0 fully saturated rings. The van der Waals surface area contributed by atoms with Crippen molar-refractivity contribution in [2.24, 2.45) is 0 Å². The Morgan fingerprint density at radius 2 is 1.76 bits per heavy atom. The van der Waals surface area contributed by atoms with E-state index in [1.807, 2.05) is 6.07 Å². The van der Waals surface area contributed by atoms with Gasteiger partial charge in [-0.15, -0.1) is 0 Å². The van der Waals surface area contributed by atoms with Gasteiger partial charge in [-0.2, -0.15) is 0 Å². The predicted molar refractivity (Wildman–Crippen MR) is 110 cm³/mol. The highest BCUT2D eigenvalue weighted by atomic mass is 35.5. The first-order valence-corrected chi connectivity index (χ1v) is 9.80. The van der Waals surface area contributed by atoms with Gasteiger partial charge in [0, 0.05) is 16.6 Å². The number of ether oxygens (including phenoxy) is 2. The van der Waals surface area contributed by atoms with E-state index in [1.165, 1.54) is 7.11 Å². The second-order valence-corrected chi connectivity index (χ2v) is 7.55. The van der Waals surface area contributed by atoms with Crippen LogP contribution in [0.25, 0.3) is 0 Å². The molecule has 0 aromatic heterocycles. The van der Waals surface area contributed by atoms with Crippen molar-refractivity contribution in [1.82, 2.24) is 4.90 Å². The number of nitrogens with zero attached hydrogens (tertiary/aromatic N) is 1. The van der Waals surface area contributed by atoms with Gasteiger partial charge in [-0.3, -0.25) is 9.59 Å². The predicted octanol–water partition coefficient (Wildman–Crippen LogP) is 4.15. The number of halogens is 2. The van der Waals surface area contributed by atoms with Gasteiger partial charge in [-0.1, -0.05) is 29.3 Å². The molecule has 2 aromatic rings. The zero-order chi connectivity index (χ0) is 21.1. The molecule has 154 valence electrons. The topological polar surface area (TPSA) is 76.1 Å². The SMILES string of the molecule is COc1cc2c(cc1OC)C(CC(=O)O)N(C(=O)Cc1c(Cl)cccc1Cl)CC2. The van der Waals surface area contributed by atoms with Crippen molar-refractivity contribution in [3.05, 3.63) is 57.1 Å². The fourth-order valence-electron chi connectivity index (χ4n) is 3.67. The number of aliphatic carboxylic acids is 1. The minimum absolute atomic E-state index is 0.00273. The van der Waals surface area contributed by atoms with Crippen molar-refractivity contribution in [1.29, 1.82) is 0 Å². The van der Waals surface area contributed by atoms with E-state index in [1.54, 1.807) is 36.3 Å². The molecule has 29 heavy (non-hydrogen) atoms. The molecule has 8 heteroatoms. The lowest BCUT2D eigenvalue weighted by Gasteiger charge is -2.37. The van der Waals surface area contributed by atoms with Crippen LogP contribution < -0.4 is 9.47 Å². The monoisotopic (exact) mass is 437 g/mol. The Hall–Kier alpha value is -2.44. The lowest BCUT2D eigenvalue weighted by molar-refractivity contribution is -0.141. The second-order valence-electron chi connectivity index (χ2n) is 6.73. The van der Waals surface area contributed by atoms with E-state index < -0.39 is 12.0 Å². The molecule has 1 amide bonds. The summed E-state index contributed by atoms with van der Waals surface area (Å²) in [5.41, 5.74) is 2.22. The molecule has 1 aliphatic rings. The van der Waals surface area contributed by atoms with Crippen LogP contribution in [-0.2, 0) is 22.4 Å². The Kier molecular flexibility index (Phi) is 6.55. The highest BCUT2D eigenvalue weighted by Gasteiger charge is 2.34. The van der Waals surface area contributed by atoms with Crippen LogP contribution in [0.2, 0.25) is 10.0 Å². The number of amides is 1. The van der Waals surface area contributed by atoms with Gasteiger partial charge in [0.05, 0.1) is 33.1 Å². The van der Waals surface area contributed by atoms with E-state index in [2.05, 4.69) is 0 Å². The van der Waals surface area contributed by atoms with Crippen LogP contribution >= 0.6 is 23.2 Å². The minimum Gasteiger partial charge on any atom is -0.493 e. The van der Waals surface area contributed by atoms with Crippen LogP contribution in [0.15, 0.2) is 30.3 Å². The first kappa shape index (κ1) is 21.3. The lowest BCUT2D eigenvalue weighted by Crippen LogP contribution is -2.41. The molecule has 1 N–H and O–H groups in total. The third-order valence-electron chi connectivity index (χ3n) is 5.08. The van der Waals surface area contributed by atoms with Gasteiger partial charge >= 0.3 is 5.97 Å². The van der Waals surface area contributed by atoms with Gasteiger partial charge in [0.1, 0.15) is 0 Å². The summed E-state index contributed by atoms with van der Waals surface area (Å²) in [6.07, 6.45) is 0.357. The van der Waals surface area contributed by atoms with E-state index in [0.717, 1.165) is 11.1 Å². The second kappa shape index (κ2) is 8.93. The van der Waals surface area contributed by atoms with E-state index in [9.17, 15) is 14.7 Å². The molecule has 3 rings (SSSR count). The van der Waals surface area contributed by atoms with Crippen LogP contribution in [0.5, 0.6) is 11.5 Å². The van der Waals surface area contributed by atoms with Gasteiger partial charge in [0.15, 0.2) is 11.5 Å². The summed E-state index contributed by atoms with van der Waals surface area (Å²) in [4.78, 5) is 26.2. The Balaban J connectivity index is 1.97. The molecule has 6 nitrogen and oxygen atoms in total. The fourth-order valence-corrected chi connectivity index (χ4v) is 4.20. The molecule has 0 radical (unpaired) electrons. The largest absolute Gasteiger partial charge is 0.493 e. The van der Waals surface area contributed by atoms with Gasteiger partial charge in [0.25, 0.3) is 0 Å². The number of carboxylic acids is 1. The van der Waals surface area contributed by atoms with E-state index >= 15 is 0 Å². The van der Waals surface area contributed by atoms with Crippen molar-refractivity contribution < 1.29 is 24.2 Å². The number of fused-ring (bicyclic) bond motifs is 1. The smallest absolute Gasteiger partial charge is 0.305 e. The first-order chi connectivity index (χ1) is 13.8. The molecule has 1 aliphatic heterocycles. The maximum Gasteiger partial charge on any atom is 0.305 e. The maximum atomic E-state index is 13.1. The maximum absolute atomic E-state index is 13.1. The zero-order valence-corrected chi connectivity index (χ0v) is 17.6. The average Bonchev–Trinajstić information content (AvgIpc) is 2.69. The number of carboxylic acid groups (broad SMARTS) is 1. The summed E-state index contributed by atoms with van der Waals surface area (Å²) in [7, 11) is 3.06. The van der Waals surface area contributed by atoms with E-state index in [-0.39, 0.29) is 18.7 Å². The molecule has 0 saturated heterocycles. The average molecular weight is 438 g/mol.